The lowest BCUT2D eigenvalue weighted by Crippen LogP contribution is -2.48. The molecule has 35 heavy (non-hydrogen) atoms. The summed E-state index contributed by atoms with van der Waals surface area (Å²) < 4.78 is 5.46. The number of anilines is 1. The summed E-state index contributed by atoms with van der Waals surface area (Å²) in [6.45, 7) is 5.04. The third-order valence-electron chi connectivity index (χ3n) is 6.39. The first-order valence-electron chi connectivity index (χ1n) is 11.9. The maximum atomic E-state index is 13.5. The molecular formula is C28H31N5O2. The highest BCUT2D eigenvalue weighted by Gasteiger charge is 2.29. The molecule has 2 aromatic carbocycles. The van der Waals surface area contributed by atoms with Gasteiger partial charge in [-0.25, -0.2) is 4.79 Å². The number of benzene rings is 2. The number of hydrogen-bond donors (Lipinski definition) is 1. The number of carbonyl (C=O) groups is 1. The predicted molar refractivity (Wildman–Crippen MR) is 136 cm³/mol. The van der Waals surface area contributed by atoms with Gasteiger partial charge in [0.05, 0.1) is 24.4 Å². The lowest BCUT2D eigenvalue weighted by Gasteiger charge is -2.38. The van der Waals surface area contributed by atoms with Gasteiger partial charge < -0.3 is 15.0 Å². The monoisotopic (exact) mass is 469 g/mol. The summed E-state index contributed by atoms with van der Waals surface area (Å²) in [6.07, 6.45) is 5.29. The summed E-state index contributed by atoms with van der Waals surface area (Å²) in [6, 6.07) is 19.6. The topological polar surface area (TPSA) is 81.5 Å². The van der Waals surface area contributed by atoms with E-state index in [-0.39, 0.29) is 12.1 Å². The summed E-state index contributed by atoms with van der Waals surface area (Å²) >= 11 is 0. The highest BCUT2D eigenvalue weighted by atomic mass is 16.5. The Hall–Kier alpha value is -3.89. The highest BCUT2D eigenvalue weighted by molar-refractivity contribution is 5.91. The number of pyridine rings is 1. The number of piperidine rings is 1. The fourth-order valence-electron chi connectivity index (χ4n) is 4.55. The molecule has 1 aromatic heterocycles. The van der Waals surface area contributed by atoms with Crippen LogP contribution in [0.15, 0.2) is 67.0 Å². The quantitative estimate of drug-likeness (QED) is 0.528. The molecule has 180 valence electrons. The first-order chi connectivity index (χ1) is 17.1. The summed E-state index contributed by atoms with van der Waals surface area (Å²) in [5, 5.41) is 12.3. The Morgan fingerprint density at radius 3 is 2.69 bits per heavy atom. The number of ether oxygens (including phenoxy) is 1. The zero-order chi connectivity index (χ0) is 24.6. The average molecular weight is 470 g/mol. The van der Waals surface area contributed by atoms with Crippen LogP contribution in [0, 0.1) is 18.3 Å². The van der Waals surface area contributed by atoms with E-state index in [0.29, 0.717) is 23.5 Å². The Labute approximate surface area is 207 Å². The molecule has 1 aliphatic heterocycles. The van der Waals surface area contributed by atoms with Crippen LogP contribution in [0.4, 0.5) is 10.5 Å². The Bertz CT molecular complexity index is 1180. The van der Waals surface area contributed by atoms with Gasteiger partial charge in [0.2, 0.25) is 0 Å². The van der Waals surface area contributed by atoms with Gasteiger partial charge in [-0.05, 0) is 66.8 Å². The summed E-state index contributed by atoms with van der Waals surface area (Å²) in [7, 11) is 1.61. The van der Waals surface area contributed by atoms with Crippen molar-refractivity contribution in [3.8, 4) is 11.8 Å². The molecule has 0 radical (unpaired) electrons. The Kier molecular flexibility index (Phi) is 7.96. The average Bonchev–Trinajstić information content (AvgIpc) is 2.89. The molecule has 4 rings (SSSR count). The molecule has 0 unspecified atom stereocenters. The Morgan fingerprint density at radius 1 is 1.17 bits per heavy atom. The van der Waals surface area contributed by atoms with Crippen molar-refractivity contribution in [2.24, 2.45) is 0 Å². The van der Waals surface area contributed by atoms with Crippen molar-refractivity contribution in [3.05, 3.63) is 89.2 Å². The van der Waals surface area contributed by atoms with Crippen molar-refractivity contribution in [3.63, 3.8) is 0 Å². The molecule has 0 spiro atoms. The van der Waals surface area contributed by atoms with Crippen LogP contribution in [0.5, 0.6) is 5.75 Å². The van der Waals surface area contributed by atoms with Crippen LogP contribution < -0.4 is 10.1 Å². The predicted octanol–water partition coefficient (Wildman–Crippen LogP) is 4.97. The number of hydrogen-bond acceptors (Lipinski definition) is 5. The van der Waals surface area contributed by atoms with E-state index in [2.05, 4.69) is 27.3 Å². The van der Waals surface area contributed by atoms with E-state index in [1.807, 2.05) is 66.6 Å². The van der Waals surface area contributed by atoms with Gasteiger partial charge in [-0.2, -0.15) is 5.26 Å². The van der Waals surface area contributed by atoms with Crippen molar-refractivity contribution in [1.82, 2.24) is 14.8 Å². The molecule has 1 N–H and O–H groups in total. The lowest BCUT2D eigenvalue weighted by molar-refractivity contribution is 0.119. The molecule has 3 aromatic rings. The van der Waals surface area contributed by atoms with Gasteiger partial charge >= 0.3 is 6.03 Å². The largest absolute Gasteiger partial charge is 0.495 e. The van der Waals surface area contributed by atoms with E-state index in [4.69, 9.17) is 4.74 Å². The molecule has 1 fully saturated rings. The number of urea groups is 1. The SMILES string of the molecule is COc1ccc(C)cc1NC(=O)N(Cc1cccnc1)C1CCN(Cc2cccc(C#N)c2)CC1. The van der Waals surface area contributed by atoms with Crippen molar-refractivity contribution in [2.75, 3.05) is 25.5 Å². The van der Waals surface area contributed by atoms with Gasteiger partial charge in [0, 0.05) is 44.6 Å². The summed E-state index contributed by atoms with van der Waals surface area (Å²) in [5.41, 5.74) is 4.54. The van der Waals surface area contributed by atoms with Crippen LogP contribution in [-0.4, -0.2) is 47.1 Å². The van der Waals surface area contributed by atoms with Gasteiger partial charge in [0.1, 0.15) is 5.75 Å². The molecule has 2 amide bonds. The van der Waals surface area contributed by atoms with Crippen molar-refractivity contribution < 1.29 is 9.53 Å². The van der Waals surface area contributed by atoms with Gasteiger partial charge in [0.15, 0.2) is 0 Å². The number of carbonyl (C=O) groups excluding carboxylic acids is 1. The number of aromatic nitrogens is 1. The normalized spacial score (nSPS) is 14.2. The van der Waals surface area contributed by atoms with E-state index in [1.165, 1.54) is 0 Å². The van der Waals surface area contributed by atoms with Crippen LogP contribution in [0.1, 0.15) is 35.1 Å². The number of nitrogens with zero attached hydrogens (tertiary/aromatic N) is 4. The molecule has 1 aliphatic rings. The van der Waals surface area contributed by atoms with E-state index in [1.54, 1.807) is 13.3 Å². The smallest absolute Gasteiger partial charge is 0.322 e. The minimum absolute atomic E-state index is 0.104. The lowest BCUT2D eigenvalue weighted by atomic mass is 10.0. The number of nitriles is 1. The number of aryl methyl sites for hydroxylation is 1. The van der Waals surface area contributed by atoms with Crippen LogP contribution in [0.2, 0.25) is 0 Å². The van der Waals surface area contributed by atoms with Crippen molar-refractivity contribution >= 4 is 11.7 Å². The first kappa shape index (κ1) is 24.2. The van der Waals surface area contributed by atoms with E-state index in [0.717, 1.165) is 49.2 Å². The Morgan fingerprint density at radius 2 is 1.97 bits per heavy atom. The van der Waals surface area contributed by atoms with Gasteiger partial charge in [0.25, 0.3) is 0 Å². The highest BCUT2D eigenvalue weighted by Crippen LogP contribution is 2.27. The third kappa shape index (κ3) is 6.37. The maximum Gasteiger partial charge on any atom is 0.322 e. The van der Waals surface area contributed by atoms with Gasteiger partial charge in [-0.1, -0.05) is 24.3 Å². The minimum Gasteiger partial charge on any atom is -0.495 e. The first-order valence-corrected chi connectivity index (χ1v) is 11.9. The van der Waals surface area contributed by atoms with Crippen LogP contribution in [0.25, 0.3) is 0 Å². The maximum absolute atomic E-state index is 13.5. The molecule has 7 nitrogen and oxygen atoms in total. The Balaban J connectivity index is 1.46. The molecular weight excluding hydrogens is 438 g/mol. The van der Waals surface area contributed by atoms with Crippen LogP contribution in [0.3, 0.4) is 0 Å². The molecule has 0 atom stereocenters. The van der Waals surface area contributed by atoms with E-state index < -0.39 is 0 Å². The molecule has 0 bridgehead atoms. The zero-order valence-electron chi connectivity index (χ0n) is 20.3. The number of likely N-dealkylation sites (tertiary alicyclic amines) is 1. The van der Waals surface area contributed by atoms with E-state index in [9.17, 15) is 10.1 Å². The van der Waals surface area contributed by atoms with E-state index >= 15 is 0 Å². The second-order valence-electron chi connectivity index (χ2n) is 8.94. The van der Waals surface area contributed by atoms with Crippen LogP contribution in [-0.2, 0) is 13.1 Å². The number of amides is 2. The molecule has 1 saturated heterocycles. The fraction of sp³-hybridized carbons (Fsp3) is 0.321. The second-order valence-corrected chi connectivity index (χ2v) is 8.94. The van der Waals surface area contributed by atoms with Gasteiger partial charge in [-0.15, -0.1) is 0 Å². The summed E-state index contributed by atoms with van der Waals surface area (Å²) in [4.78, 5) is 22.1. The molecule has 0 saturated carbocycles. The second kappa shape index (κ2) is 11.5. The number of nitrogens with one attached hydrogen (secondary N) is 1. The molecule has 0 aliphatic carbocycles. The number of methoxy groups -OCH3 is 1. The van der Waals surface area contributed by atoms with Gasteiger partial charge in [-0.3, -0.25) is 9.88 Å². The van der Waals surface area contributed by atoms with Crippen molar-refractivity contribution in [2.45, 2.75) is 38.9 Å². The fourth-order valence-corrected chi connectivity index (χ4v) is 4.55. The minimum atomic E-state index is -0.141. The van der Waals surface area contributed by atoms with Crippen LogP contribution >= 0.6 is 0 Å². The van der Waals surface area contributed by atoms with Crippen molar-refractivity contribution in [1.29, 1.82) is 5.26 Å². The molecule has 2 heterocycles. The zero-order valence-corrected chi connectivity index (χ0v) is 20.3. The number of rotatable bonds is 7. The third-order valence-corrected chi connectivity index (χ3v) is 6.39. The standard InChI is InChI=1S/C28H31N5O2/c1-21-8-9-27(35-2)26(15-21)31-28(34)33(20-24-7-4-12-30-18-24)25-10-13-32(14-11-25)19-23-6-3-5-22(16-23)17-29/h3-9,12,15-16,18,25H,10-11,13-14,19-20H2,1-2H3,(H,31,34). The summed E-state index contributed by atoms with van der Waals surface area (Å²) in [5.74, 6) is 0.639. The molecule has 7 heteroatoms.